The molecule has 1 amide bonds. The molecule has 0 saturated carbocycles. The van der Waals surface area contributed by atoms with Crippen LogP contribution in [0.4, 0.5) is 0 Å². The summed E-state index contributed by atoms with van der Waals surface area (Å²) in [5.74, 6) is 0.978. The van der Waals surface area contributed by atoms with Crippen LogP contribution in [0, 0.1) is 0 Å². The number of ether oxygens (including phenoxy) is 1. The molecule has 0 spiro atoms. The number of hydrogen-bond donors (Lipinski definition) is 1. The highest BCUT2D eigenvalue weighted by molar-refractivity contribution is 5.76. The molecule has 0 radical (unpaired) electrons. The molecule has 1 aliphatic carbocycles. The van der Waals surface area contributed by atoms with Gasteiger partial charge in [0.25, 0.3) is 0 Å². The molecule has 0 bridgehead atoms. The third-order valence-corrected chi connectivity index (χ3v) is 3.93. The zero-order chi connectivity index (χ0) is 14.9. The lowest BCUT2D eigenvalue weighted by Gasteiger charge is -2.13. The van der Waals surface area contributed by atoms with Crippen molar-refractivity contribution in [2.24, 2.45) is 0 Å². The third-order valence-electron chi connectivity index (χ3n) is 3.93. The van der Waals surface area contributed by atoms with Crippen molar-refractivity contribution < 1.29 is 9.53 Å². The summed E-state index contributed by atoms with van der Waals surface area (Å²) in [4.78, 5) is 11.9. The van der Waals surface area contributed by atoms with E-state index in [1.807, 2.05) is 24.3 Å². The number of rotatable bonds is 7. The van der Waals surface area contributed by atoms with Gasteiger partial charge in [-0.05, 0) is 56.2 Å². The summed E-state index contributed by atoms with van der Waals surface area (Å²) in [6.45, 7) is 0.767. The number of methoxy groups -OCH3 is 1. The van der Waals surface area contributed by atoms with Crippen LogP contribution in [0.3, 0.4) is 0 Å². The number of allylic oxidation sites excluding steroid dienone is 1. The SMILES string of the molecule is COc1cccc(CCC(=O)NCCC2=CCCCC2)c1. The number of aryl methyl sites for hydroxylation is 1. The van der Waals surface area contributed by atoms with E-state index in [-0.39, 0.29) is 5.91 Å². The highest BCUT2D eigenvalue weighted by Gasteiger charge is 2.06. The first kappa shape index (κ1) is 15.6. The lowest BCUT2D eigenvalue weighted by Crippen LogP contribution is -2.25. The highest BCUT2D eigenvalue weighted by atomic mass is 16.5. The minimum Gasteiger partial charge on any atom is -0.497 e. The fraction of sp³-hybridized carbons (Fsp3) is 0.500. The molecule has 2 rings (SSSR count). The molecule has 114 valence electrons. The van der Waals surface area contributed by atoms with E-state index in [9.17, 15) is 4.79 Å². The summed E-state index contributed by atoms with van der Waals surface area (Å²) in [5.41, 5.74) is 2.65. The van der Waals surface area contributed by atoms with E-state index in [0.29, 0.717) is 6.42 Å². The summed E-state index contributed by atoms with van der Waals surface area (Å²) in [6, 6.07) is 7.89. The van der Waals surface area contributed by atoms with E-state index in [0.717, 1.165) is 30.7 Å². The molecule has 1 aliphatic rings. The quantitative estimate of drug-likeness (QED) is 0.778. The van der Waals surface area contributed by atoms with Crippen LogP contribution in [-0.4, -0.2) is 19.6 Å². The lowest BCUT2D eigenvalue weighted by molar-refractivity contribution is -0.121. The molecule has 0 aliphatic heterocycles. The fourth-order valence-corrected chi connectivity index (χ4v) is 2.67. The monoisotopic (exact) mass is 287 g/mol. The molecule has 0 saturated heterocycles. The van der Waals surface area contributed by atoms with Gasteiger partial charge in [-0.3, -0.25) is 4.79 Å². The van der Waals surface area contributed by atoms with E-state index in [2.05, 4.69) is 11.4 Å². The maximum Gasteiger partial charge on any atom is 0.220 e. The lowest BCUT2D eigenvalue weighted by atomic mass is 9.97. The van der Waals surface area contributed by atoms with Crippen LogP contribution in [-0.2, 0) is 11.2 Å². The van der Waals surface area contributed by atoms with Crippen LogP contribution in [0.25, 0.3) is 0 Å². The number of carbonyl (C=O) groups is 1. The first-order valence-corrected chi connectivity index (χ1v) is 7.85. The van der Waals surface area contributed by atoms with Crippen molar-refractivity contribution in [3.8, 4) is 5.75 Å². The minimum atomic E-state index is 0.134. The Bertz CT molecular complexity index is 494. The minimum absolute atomic E-state index is 0.134. The van der Waals surface area contributed by atoms with Crippen molar-refractivity contribution in [3.63, 3.8) is 0 Å². The molecule has 1 N–H and O–H groups in total. The Labute approximate surface area is 127 Å². The molecule has 0 heterocycles. The van der Waals surface area contributed by atoms with Gasteiger partial charge in [0.15, 0.2) is 0 Å². The predicted octanol–water partition coefficient (Wildman–Crippen LogP) is 3.63. The Balaban J connectivity index is 1.66. The van der Waals surface area contributed by atoms with Gasteiger partial charge < -0.3 is 10.1 Å². The number of hydrogen-bond acceptors (Lipinski definition) is 2. The van der Waals surface area contributed by atoms with E-state index < -0.39 is 0 Å². The predicted molar refractivity (Wildman–Crippen MR) is 85.5 cm³/mol. The average Bonchev–Trinajstić information content (AvgIpc) is 2.54. The summed E-state index contributed by atoms with van der Waals surface area (Å²) in [7, 11) is 1.66. The molecule has 0 fully saturated rings. The van der Waals surface area contributed by atoms with Crippen LogP contribution >= 0.6 is 0 Å². The molecule has 0 aromatic heterocycles. The topological polar surface area (TPSA) is 38.3 Å². The Kier molecular flexibility index (Phi) is 6.32. The van der Waals surface area contributed by atoms with Crippen molar-refractivity contribution in [2.45, 2.75) is 44.9 Å². The second kappa shape index (κ2) is 8.50. The van der Waals surface area contributed by atoms with Crippen LogP contribution in [0.15, 0.2) is 35.9 Å². The molecular formula is C18H25NO2. The second-order valence-electron chi connectivity index (χ2n) is 5.56. The average molecular weight is 287 g/mol. The van der Waals surface area contributed by atoms with Gasteiger partial charge in [0.05, 0.1) is 7.11 Å². The number of nitrogens with one attached hydrogen (secondary N) is 1. The van der Waals surface area contributed by atoms with Gasteiger partial charge >= 0.3 is 0 Å². The number of benzene rings is 1. The molecule has 0 atom stereocenters. The number of amides is 1. The van der Waals surface area contributed by atoms with Crippen molar-refractivity contribution in [1.29, 1.82) is 0 Å². The molecule has 1 aromatic rings. The van der Waals surface area contributed by atoms with Crippen LogP contribution in [0.1, 0.15) is 44.1 Å². The van der Waals surface area contributed by atoms with Gasteiger partial charge in [0.1, 0.15) is 5.75 Å². The maximum absolute atomic E-state index is 11.9. The Morgan fingerprint density at radius 2 is 2.19 bits per heavy atom. The van der Waals surface area contributed by atoms with Crippen molar-refractivity contribution in [1.82, 2.24) is 5.32 Å². The van der Waals surface area contributed by atoms with E-state index >= 15 is 0 Å². The molecule has 21 heavy (non-hydrogen) atoms. The molecule has 1 aromatic carbocycles. The summed E-state index contributed by atoms with van der Waals surface area (Å²) in [5, 5.41) is 3.02. The standard InChI is InChI=1S/C18H25NO2/c1-21-17-9-5-8-16(14-17)10-11-18(20)19-13-12-15-6-3-2-4-7-15/h5-6,8-9,14H,2-4,7,10-13H2,1H3,(H,19,20). The van der Waals surface area contributed by atoms with Crippen molar-refractivity contribution in [2.75, 3.05) is 13.7 Å². The van der Waals surface area contributed by atoms with Crippen LogP contribution in [0.2, 0.25) is 0 Å². The van der Waals surface area contributed by atoms with Gasteiger partial charge in [0.2, 0.25) is 5.91 Å². The van der Waals surface area contributed by atoms with Gasteiger partial charge in [-0.2, -0.15) is 0 Å². The summed E-state index contributed by atoms with van der Waals surface area (Å²) >= 11 is 0. The Hall–Kier alpha value is -1.77. The van der Waals surface area contributed by atoms with Crippen LogP contribution < -0.4 is 10.1 Å². The second-order valence-corrected chi connectivity index (χ2v) is 5.56. The maximum atomic E-state index is 11.9. The molecule has 3 heteroatoms. The zero-order valence-electron chi connectivity index (χ0n) is 12.9. The fourth-order valence-electron chi connectivity index (χ4n) is 2.67. The molecule has 0 unspecified atom stereocenters. The first-order chi connectivity index (χ1) is 10.3. The van der Waals surface area contributed by atoms with Crippen LogP contribution in [0.5, 0.6) is 5.75 Å². The van der Waals surface area contributed by atoms with E-state index in [4.69, 9.17) is 4.74 Å². The van der Waals surface area contributed by atoms with Gasteiger partial charge in [-0.25, -0.2) is 0 Å². The normalized spacial score (nSPS) is 14.4. The van der Waals surface area contributed by atoms with Crippen molar-refractivity contribution in [3.05, 3.63) is 41.5 Å². The number of carbonyl (C=O) groups excluding carboxylic acids is 1. The van der Waals surface area contributed by atoms with Gasteiger partial charge in [0, 0.05) is 13.0 Å². The van der Waals surface area contributed by atoms with Gasteiger partial charge in [-0.15, -0.1) is 0 Å². The van der Waals surface area contributed by atoms with E-state index in [1.165, 1.54) is 31.3 Å². The first-order valence-electron chi connectivity index (χ1n) is 7.85. The molecular weight excluding hydrogens is 262 g/mol. The Morgan fingerprint density at radius 1 is 1.29 bits per heavy atom. The smallest absolute Gasteiger partial charge is 0.220 e. The van der Waals surface area contributed by atoms with Gasteiger partial charge in [-0.1, -0.05) is 23.8 Å². The zero-order valence-corrected chi connectivity index (χ0v) is 12.9. The third kappa shape index (κ3) is 5.62. The molecule has 3 nitrogen and oxygen atoms in total. The summed E-state index contributed by atoms with van der Waals surface area (Å²) < 4.78 is 5.19. The Morgan fingerprint density at radius 3 is 2.95 bits per heavy atom. The highest BCUT2D eigenvalue weighted by Crippen LogP contribution is 2.19. The summed E-state index contributed by atoms with van der Waals surface area (Å²) in [6.07, 6.45) is 9.67. The largest absolute Gasteiger partial charge is 0.497 e. The van der Waals surface area contributed by atoms with Crippen molar-refractivity contribution >= 4 is 5.91 Å². The van der Waals surface area contributed by atoms with E-state index in [1.54, 1.807) is 7.11 Å².